The number of rotatable bonds is 4. The van der Waals surface area contributed by atoms with Crippen molar-refractivity contribution in [2.75, 3.05) is 18.5 Å². The summed E-state index contributed by atoms with van der Waals surface area (Å²) in [6, 6.07) is 7.27. The van der Waals surface area contributed by atoms with Gasteiger partial charge in [-0.1, -0.05) is 26.0 Å². The third-order valence-electron chi connectivity index (χ3n) is 3.26. The van der Waals surface area contributed by atoms with Crippen molar-refractivity contribution in [3.05, 3.63) is 24.3 Å². The molecule has 0 aliphatic carbocycles. The first kappa shape index (κ1) is 13.7. The highest BCUT2D eigenvalue weighted by Crippen LogP contribution is 2.28. The summed E-state index contributed by atoms with van der Waals surface area (Å²) in [4.78, 5) is 12.1. The van der Waals surface area contributed by atoms with E-state index < -0.39 is 6.10 Å². The van der Waals surface area contributed by atoms with Gasteiger partial charge in [-0.3, -0.25) is 4.79 Å². The second-order valence-corrected chi connectivity index (χ2v) is 5.03. The van der Waals surface area contributed by atoms with Crippen molar-refractivity contribution in [2.45, 2.75) is 26.0 Å². The minimum atomic E-state index is -0.567. The van der Waals surface area contributed by atoms with E-state index in [0.717, 1.165) is 5.69 Å². The molecule has 1 unspecified atom stereocenters. The molecule has 3 N–H and O–H groups in total. The molecule has 2 rings (SSSR count). The van der Waals surface area contributed by atoms with Crippen LogP contribution in [0, 0.1) is 5.92 Å². The Bertz CT molecular complexity index is 448. The van der Waals surface area contributed by atoms with Crippen LogP contribution in [0.25, 0.3) is 0 Å². The number of carbonyl (C=O) groups excluding carboxylic acids is 1. The molecule has 5 nitrogen and oxygen atoms in total. The molecule has 0 spiro atoms. The highest BCUT2D eigenvalue weighted by molar-refractivity contribution is 5.83. The van der Waals surface area contributed by atoms with Gasteiger partial charge in [0.2, 0.25) is 0 Å². The third-order valence-corrected chi connectivity index (χ3v) is 3.26. The molecule has 2 atom stereocenters. The second-order valence-electron chi connectivity index (χ2n) is 5.03. The average molecular weight is 264 g/mol. The van der Waals surface area contributed by atoms with Crippen molar-refractivity contribution in [1.82, 2.24) is 5.32 Å². The van der Waals surface area contributed by atoms with E-state index in [9.17, 15) is 9.90 Å². The van der Waals surface area contributed by atoms with Gasteiger partial charge in [0.15, 0.2) is 6.10 Å². The van der Waals surface area contributed by atoms with Crippen LogP contribution in [-0.4, -0.2) is 36.3 Å². The molecule has 1 aromatic rings. The standard InChI is InChI=1S/C14H20N2O3/c1-9(2)11(8-17)16-14(18)13-7-15-10-5-3-4-6-12(10)19-13/h3-6,9,11,13,15,17H,7-8H2,1-2H3,(H,16,18)/t11-,13?/m1/s1. The zero-order valence-corrected chi connectivity index (χ0v) is 11.2. The van der Waals surface area contributed by atoms with Gasteiger partial charge in [0.25, 0.3) is 5.91 Å². The van der Waals surface area contributed by atoms with Crippen molar-refractivity contribution in [3.63, 3.8) is 0 Å². The topological polar surface area (TPSA) is 70.6 Å². The summed E-state index contributed by atoms with van der Waals surface area (Å²) < 4.78 is 5.66. The normalized spacial score (nSPS) is 19.1. The zero-order valence-electron chi connectivity index (χ0n) is 11.2. The summed E-state index contributed by atoms with van der Waals surface area (Å²) in [5.41, 5.74) is 0.897. The molecule has 0 fully saturated rings. The third kappa shape index (κ3) is 3.17. The summed E-state index contributed by atoms with van der Waals surface area (Å²) in [6.45, 7) is 4.27. The molecule has 104 valence electrons. The van der Waals surface area contributed by atoms with E-state index in [1.165, 1.54) is 0 Å². The van der Waals surface area contributed by atoms with E-state index >= 15 is 0 Å². The number of anilines is 1. The second kappa shape index (κ2) is 5.93. The van der Waals surface area contributed by atoms with E-state index in [1.54, 1.807) is 0 Å². The number of benzene rings is 1. The summed E-state index contributed by atoms with van der Waals surface area (Å²) in [5.74, 6) is 0.659. The van der Waals surface area contributed by atoms with Crippen LogP contribution in [0.2, 0.25) is 0 Å². The van der Waals surface area contributed by atoms with Gasteiger partial charge >= 0.3 is 0 Å². The lowest BCUT2D eigenvalue weighted by molar-refractivity contribution is -0.129. The maximum atomic E-state index is 12.1. The molecule has 0 bridgehead atoms. The maximum absolute atomic E-state index is 12.1. The van der Waals surface area contributed by atoms with Crippen molar-refractivity contribution in [2.24, 2.45) is 5.92 Å². The minimum Gasteiger partial charge on any atom is -0.477 e. The average Bonchev–Trinajstić information content (AvgIpc) is 2.43. The van der Waals surface area contributed by atoms with Crippen molar-refractivity contribution < 1.29 is 14.6 Å². The molecule has 1 heterocycles. The molecule has 1 aliphatic rings. The molecule has 1 aromatic carbocycles. The number of aliphatic hydroxyl groups is 1. The number of fused-ring (bicyclic) bond motifs is 1. The van der Waals surface area contributed by atoms with Crippen LogP contribution < -0.4 is 15.4 Å². The fourth-order valence-corrected chi connectivity index (χ4v) is 1.96. The lowest BCUT2D eigenvalue weighted by Gasteiger charge is -2.28. The SMILES string of the molecule is CC(C)[C@@H](CO)NC(=O)C1CNc2ccccc2O1. The molecule has 19 heavy (non-hydrogen) atoms. The Morgan fingerprint density at radius 3 is 2.95 bits per heavy atom. The number of hydrogen-bond donors (Lipinski definition) is 3. The number of carbonyl (C=O) groups is 1. The van der Waals surface area contributed by atoms with Gasteiger partial charge in [-0.15, -0.1) is 0 Å². The molecule has 0 radical (unpaired) electrons. The fourth-order valence-electron chi connectivity index (χ4n) is 1.96. The number of nitrogens with one attached hydrogen (secondary N) is 2. The number of amides is 1. The molecular formula is C14H20N2O3. The summed E-state index contributed by atoms with van der Waals surface area (Å²) >= 11 is 0. The molecule has 0 saturated carbocycles. The quantitative estimate of drug-likeness (QED) is 0.758. The van der Waals surface area contributed by atoms with Crippen molar-refractivity contribution in [1.29, 1.82) is 0 Å². The molecule has 1 amide bonds. The monoisotopic (exact) mass is 264 g/mol. The first-order valence-electron chi connectivity index (χ1n) is 6.52. The lowest BCUT2D eigenvalue weighted by Crippen LogP contribution is -2.50. The van der Waals surface area contributed by atoms with Gasteiger partial charge in [0, 0.05) is 0 Å². The maximum Gasteiger partial charge on any atom is 0.263 e. The fraction of sp³-hybridized carbons (Fsp3) is 0.500. The van der Waals surface area contributed by atoms with Crippen LogP contribution in [0.3, 0.4) is 0 Å². The van der Waals surface area contributed by atoms with E-state index in [0.29, 0.717) is 12.3 Å². The first-order valence-corrected chi connectivity index (χ1v) is 6.52. The van der Waals surface area contributed by atoms with Gasteiger partial charge in [-0.25, -0.2) is 0 Å². The van der Waals surface area contributed by atoms with Crippen LogP contribution >= 0.6 is 0 Å². The molecule has 0 saturated heterocycles. The summed E-state index contributed by atoms with van der Waals surface area (Å²) in [6.07, 6.45) is -0.567. The van der Waals surface area contributed by atoms with Crippen LogP contribution in [0.5, 0.6) is 5.75 Å². The Kier molecular flexibility index (Phi) is 4.27. The minimum absolute atomic E-state index is 0.0693. The van der Waals surface area contributed by atoms with E-state index in [-0.39, 0.29) is 24.5 Å². The predicted molar refractivity (Wildman–Crippen MR) is 73.2 cm³/mol. The Hall–Kier alpha value is -1.75. The first-order chi connectivity index (χ1) is 9.11. The van der Waals surface area contributed by atoms with E-state index in [1.807, 2.05) is 38.1 Å². The number of ether oxygens (including phenoxy) is 1. The van der Waals surface area contributed by atoms with Crippen LogP contribution in [-0.2, 0) is 4.79 Å². The molecular weight excluding hydrogens is 244 g/mol. The van der Waals surface area contributed by atoms with Gasteiger partial charge in [-0.05, 0) is 18.1 Å². The van der Waals surface area contributed by atoms with Gasteiger partial charge in [-0.2, -0.15) is 0 Å². The Labute approximate surface area is 113 Å². The van der Waals surface area contributed by atoms with Crippen LogP contribution in [0.1, 0.15) is 13.8 Å². The Morgan fingerprint density at radius 1 is 1.53 bits per heavy atom. The highest BCUT2D eigenvalue weighted by Gasteiger charge is 2.27. The molecule has 5 heteroatoms. The Balaban J connectivity index is 1.99. The number of aliphatic hydroxyl groups excluding tert-OH is 1. The highest BCUT2D eigenvalue weighted by atomic mass is 16.5. The van der Waals surface area contributed by atoms with Crippen molar-refractivity contribution >= 4 is 11.6 Å². The number of para-hydroxylation sites is 2. The summed E-state index contributed by atoms with van der Waals surface area (Å²) in [5, 5.41) is 15.2. The molecule has 1 aliphatic heterocycles. The smallest absolute Gasteiger partial charge is 0.263 e. The van der Waals surface area contributed by atoms with E-state index in [2.05, 4.69) is 10.6 Å². The van der Waals surface area contributed by atoms with Crippen LogP contribution in [0.15, 0.2) is 24.3 Å². The zero-order chi connectivity index (χ0) is 13.8. The molecule has 0 aromatic heterocycles. The van der Waals surface area contributed by atoms with Crippen LogP contribution in [0.4, 0.5) is 5.69 Å². The van der Waals surface area contributed by atoms with Gasteiger partial charge in [0.1, 0.15) is 5.75 Å². The number of hydrogen-bond acceptors (Lipinski definition) is 4. The Morgan fingerprint density at radius 2 is 2.26 bits per heavy atom. The van der Waals surface area contributed by atoms with Gasteiger partial charge < -0.3 is 20.5 Å². The predicted octanol–water partition coefficient (Wildman–Crippen LogP) is 0.993. The van der Waals surface area contributed by atoms with Crippen molar-refractivity contribution in [3.8, 4) is 5.75 Å². The summed E-state index contributed by atoms with van der Waals surface area (Å²) in [7, 11) is 0. The largest absolute Gasteiger partial charge is 0.477 e. The van der Waals surface area contributed by atoms with Gasteiger partial charge in [0.05, 0.1) is 24.9 Å². The lowest BCUT2D eigenvalue weighted by atomic mass is 10.1. The van der Waals surface area contributed by atoms with E-state index in [4.69, 9.17) is 4.74 Å².